The minimum atomic E-state index is -1.32. The van der Waals surface area contributed by atoms with E-state index in [0.29, 0.717) is 16.4 Å². The number of urea groups is 1. The van der Waals surface area contributed by atoms with Gasteiger partial charge >= 0.3 is 6.03 Å². The van der Waals surface area contributed by atoms with Crippen LogP contribution < -0.4 is 5.32 Å². The quantitative estimate of drug-likeness (QED) is 0.622. The lowest BCUT2D eigenvalue weighted by molar-refractivity contribution is -0.131. The third-order valence-corrected chi connectivity index (χ3v) is 5.44. The molecular weight excluding hydrogens is 415 g/mol. The van der Waals surface area contributed by atoms with Crippen molar-refractivity contribution < 1.29 is 14.1 Å². The van der Waals surface area contributed by atoms with Crippen LogP contribution in [0.15, 0.2) is 47.0 Å². The Morgan fingerprint density at radius 3 is 2.66 bits per heavy atom. The van der Waals surface area contributed by atoms with Crippen LogP contribution in [0.3, 0.4) is 0 Å². The summed E-state index contributed by atoms with van der Waals surface area (Å²) in [6.45, 7) is 3.38. The Balaban J connectivity index is 1.60. The maximum Gasteiger partial charge on any atom is 0.325 e. The normalized spacial score (nSPS) is 19.0. The van der Waals surface area contributed by atoms with E-state index >= 15 is 0 Å². The number of nitrogens with one attached hydrogen (secondary N) is 1. The van der Waals surface area contributed by atoms with Crippen LogP contribution in [0.4, 0.5) is 4.79 Å². The number of aromatic nitrogens is 2. The van der Waals surface area contributed by atoms with E-state index in [1.165, 1.54) is 6.07 Å². The SMILES string of the molecule is Cc1ccccc1-c1noc(CN2C(=O)NC(C)(c3ccc(Cl)cc3Cl)C2=O)n1. The highest BCUT2D eigenvalue weighted by Gasteiger charge is 2.50. The average molecular weight is 431 g/mol. The molecule has 1 fully saturated rings. The minimum absolute atomic E-state index is 0.148. The molecule has 1 aliphatic heterocycles. The zero-order valence-corrected chi connectivity index (χ0v) is 17.1. The van der Waals surface area contributed by atoms with Gasteiger partial charge in [-0.05, 0) is 31.5 Å². The predicted molar refractivity (Wildman–Crippen MR) is 107 cm³/mol. The van der Waals surface area contributed by atoms with Crippen LogP contribution in [0.1, 0.15) is 23.9 Å². The van der Waals surface area contributed by atoms with E-state index in [1.807, 2.05) is 31.2 Å². The Morgan fingerprint density at radius 2 is 1.93 bits per heavy atom. The second kappa shape index (κ2) is 7.17. The van der Waals surface area contributed by atoms with Crippen molar-refractivity contribution in [3.63, 3.8) is 0 Å². The summed E-state index contributed by atoms with van der Waals surface area (Å²) in [6, 6.07) is 11.8. The Labute approximate surface area is 176 Å². The number of amides is 3. The number of imide groups is 1. The molecule has 0 bridgehead atoms. The largest absolute Gasteiger partial charge is 0.337 e. The van der Waals surface area contributed by atoms with E-state index in [0.717, 1.165) is 16.0 Å². The molecule has 148 valence electrons. The summed E-state index contributed by atoms with van der Waals surface area (Å²) >= 11 is 12.2. The molecule has 1 unspecified atom stereocenters. The fraction of sp³-hybridized carbons (Fsp3) is 0.200. The van der Waals surface area contributed by atoms with E-state index in [2.05, 4.69) is 15.5 Å². The molecule has 1 aliphatic rings. The molecule has 1 saturated heterocycles. The molecule has 4 rings (SSSR count). The Bertz CT molecular complexity index is 1130. The molecule has 7 nitrogen and oxygen atoms in total. The van der Waals surface area contributed by atoms with Crippen molar-refractivity contribution in [3.05, 3.63) is 69.5 Å². The summed E-state index contributed by atoms with van der Waals surface area (Å²) in [5, 5.41) is 7.38. The van der Waals surface area contributed by atoms with Crippen molar-refractivity contribution in [1.82, 2.24) is 20.4 Å². The Morgan fingerprint density at radius 1 is 1.17 bits per heavy atom. The molecule has 0 spiro atoms. The number of aryl methyl sites for hydroxylation is 1. The van der Waals surface area contributed by atoms with Crippen molar-refractivity contribution in [2.24, 2.45) is 0 Å². The second-order valence-corrected chi connectivity index (χ2v) is 7.74. The average Bonchev–Trinajstić information content (AvgIpc) is 3.21. The van der Waals surface area contributed by atoms with Crippen molar-refractivity contribution >= 4 is 35.1 Å². The third-order valence-electron chi connectivity index (χ3n) is 4.89. The molecule has 9 heteroatoms. The molecule has 0 aliphatic carbocycles. The number of nitrogens with zero attached hydrogens (tertiary/aromatic N) is 3. The molecule has 1 atom stereocenters. The first-order valence-corrected chi connectivity index (χ1v) is 9.53. The zero-order chi connectivity index (χ0) is 20.8. The monoisotopic (exact) mass is 430 g/mol. The fourth-order valence-electron chi connectivity index (χ4n) is 3.31. The number of carbonyl (C=O) groups excluding carboxylic acids is 2. The highest BCUT2D eigenvalue weighted by atomic mass is 35.5. The predicted octanol–water partition coefficient (Wildman–Crippen LogP) is 4.32. The number of carbonyl (C=O) groups is 2. The van der Waals surface area contributed by atoms with Gasteiger partial charge in [-0.25, -0.2) is 4.79 Å². The highest BCUT2D eigenvalue weighted by molar-refractivity contribution is 6.35. The lowest BCUT2D eigenvalue weighted by Gasteiger charge is -2.23. The molecule has 0 radical (unpaired) electrons. The lowest BCUT2D eigenvalue weighted by Crippen LogP contribution is -2.41. The maximum atomic E-state index is 13.1. The topological polar surface area (TPSA) is 88.3 Å². The van der Waals surface area contributed by atoms with Gasteiger partial charge in [0, 0.05) is 21.2 Å². The van der Waals surface area contributed by atoms with Crippen molar-refractivity contribution in [1.29, 1.82) is 0 Å². The van der Waals surface area contributed by atoms with Gasteiger partial charge in [-0.3, -0.25) is 9.69 Å². The van der Waals surface area contributed by atoms with Crippen LogP contribution in [0.5, 0.6) is 0 Å². The first-order chi connectivity index (χ1) is 13.8. The third kappa shape index (κ3) is 3.36. The molecule has 3 aromatic rings. The number of hydrogen-bond acceptors (Lipinski definition) is 5. The number of benzene rings is 2. The summed E-state index contributed by atoms with van der Waals surface area (Å²) < 4.78 is 5.27. The van der Waals surface area contributed by atoms with Gasteiger partial charge in [0.05, 0.1) is 0 Å². The minimum Gasteiger partial charge on any atom is -0.337 e. The van der Waals surface area contributed by atoms with Gasteiger partial charge < -0.3 is 9.84 Å². The van der Waals surface area contributed by atoms with Crippen LogP contribution in [0, 0.1) is 6.92 Å². The molecule has 2 aromatic carbocycles. The molecule has 0 saturated carbocycles. The second-order valence-electron chi connectivity index (χ2n) is 6.90. The van der Waals surface area contributed by atoms with E-state index in [-0.39, 0.29) is 17.5 Å². The van der Waals surface area contributed by atoms with E-state index in [1.54, 1.807) is 19.1 Å². The van der Waals surface area contributed by atoms with Gasteiger partial charge in [0.1, 0.15) is 12.1 Å². The smallest absolute Gasteiger partial charge is 0.325 e. The number of halogens is 2. The van der Waals surface area contributed by atoms with E-state index in [9.17, 15) is 9.59 Å². The van der Waals surface area contributed by atoms with Gasteiger partial charge in [-0.1, -0.05) is 58.7 Å². The molecule has 3 amide bonds. The van der Waals surface area contributed by atoms with Crippen LogP contribution in [-0.2, 0) is 16.9 Å². The van der Waals surface area contributed by atoms with Crippen molar-refractivity contribution in [3.8, 4) is 11.4 Å². The zero-order valence-electron chi connectivity index (χ0n) is 15.6. The summed E-state index contributed by atoms with van der Waals surface area (Å²) in [5.41, 5.74) is 0.935. The highest BCUT2D eigenvalue weighted by Crippen LogP contribution is 2.35. The van der Waals surface area contributed by atoms with Crippen molar-refractivity contribution in [2.45, 2.75) is 25.9 Å². The lowest BCUT2D eigenvalue weighted by atomic mass is 9.92. The standard InChI is InChI=1S/C20H16Cl2N4O3/c1-11-5-3-4-6-13(11)17-23-16(29-25-17)10-26-18(27)20(2,24-19(26)28)14-8-7-12(21)9-15(14)22/h3-9H,10H2,1-2H3,(H,24,28). The van der Waals surface area contributed by atoms with Gasteiger partial charge in [0.25, 0.3) is 5.91 Å². The van der Waals surface area contributed by atoms with Gasteiger partial charge in [-0.15, -0.1) is 0 Å². The van der Waals surface area contributed by atoms with E-state index in [4.69, 9.17) is 27.7 Å². The van der Waals surface area contributed by atoms with E-state index < -0.39 is 17.5 Å². The fourth-order valence-corrected chi connectivity index (χ4v) is 3.90. The van der Waals surface area contributed by atoms with Gasteiger partial charge in [0.15, 0.2) is 0 Å². The first kappa shape index (κ1) is 19.4. The number of hydrogen-bond donors (Lipinski definition) is 1. The maximum absolute atomic E-state index is 13.1. The van der Waals surface area contributed by atoms with Gasteiger partial charge in [-0.2, -0.15) is 4.98 Å². The Kier molecular flexibility index (Phi) is 4.80. The molecule has 2 heterocycles. The summed E-state index contributed by atoms with van der Waals surface area (Å²) in [7, 11) is 0. The van der Waals surface area contributed by atoms with Crippen LogP contribution in [0.25, 0.3) is 11.4 Å². The first-order valence-electron chi connectivity index (χ1n) is 8.78. The summed E-state index contributed by atoms with van der Waals surface area (Å²) in [6.07, 6.45) is 0. The number of rotatable bonds is 4. The molecule has 29 heavy (non-hydrogen) atoms. The van der Waals surface area contributed by atoms with Crippen LogP contribution in [-0.4, -0.2) is 27.0 Å². The van der Waals surface area contributed by atoms with Crippen molar-refractivity contribution in [2.75, 3.05) is 0 Å². The Hall–Kier alpha value is -2.90. The summed E-state index contributed by atoms with van der Waals surface area (Å²) in [4.78, 5) is 30.9. The van der Waals surface area contributed by atoms with Crippen LogP contribution in [0.2, 0.25) is 10.0 Å². The molecule has 1 N–H and O–H groups in total. The molecule has 1 aromatic heterocycles. The van der Waals surface area contributed by atoms with Crippen LogP contribution >= 0.6 is 23.2 Å². The van der Waals surface area contributed by atoms with Gasteiger partial charge in [0.2, 0.25) is 11.7 Å². The molecular formula is C20H16Cl2N4O3. The summed E-state index contributed by atoms with van der Waals surface area (Å²) in [5.74, 6) is 0.0780.